The van der Waals surface area contributed by atoms with Gasteiger partial charge in [0.15, 0.2) is 0 Å². The summed E-state index contributed by atoms with van der Waals surface area (Å²) < 4.78 is 1.97. The molecule has 204 valence electrons. The number of nitrogens with one attached hydrogen (secondary N) is 1. The Labute approximate surface area is 232 Å². The molecule has 0 aliphatic rings. The summed E-state index contributed by atoms with van der Waals surface area (Å²) in [6.45, 7) is 10.5. The number of hydrogen-bond acceptors (Lipinski definition) is 3. The molecule has 4 rings (SSSR count). The van der Waals surface area contributed by atoms with Gasteiger partial charge in [-0.15, -0.1) is 0 Å². The number of carbonyl (C=O) groups excluding carboxylic acids is 2. The van der Waals surface area contributed by atoms with Crippen molar-refractivity contribution in [1.82, 2.24) is 19.8 Å². The molecule has 1 aromatic heterocycles. The van der Waals surface area contributed by atoms with Gasteiger partial charge in [0.1, 0.15) is 12.4 Å². The lowest BCUT2D eigenvalue weighted by Gasteiger charge is -2.34. The van der Waals surface area contributed by atoms with E-state index in [1.165, 1.54) is 0 Å². The first-order valence-electron chi connectivity index (χ1n) is 14.0. The summed E-state index contributed by atoms with van der Waals surface area (Å²) in [5.74, 6) is 0.673. The number of rotatable bonds is 11. The third kappa shape index (κ3) is 6.56. The standard InChI is InChI=1S/C33H40N4O2/c1-6-23(3)37(24(4)7-2)32(39)22-36-30-16-12-11-15-29(30)35-33(36)25(5)34-31(38)21-26-17-19-28(20-18-26)27-13-9-8-10-14-27/h8-20,23-25H,6-7,21-22H2,1-5H3,(H,34,38). The Morgan fingerprint density at radius 3 is 2.05 bits per heavy atom. The maximum Gasteiger partial charge on any atom is 0.243 e. The second kappa shape index (κ2) is 12.7. The molecule has 1 heterocycles. The van der Waals surface area contributed by atoms with E-state index in [9.17, 15) is 9.59 Å². The molecule has 0 fully saturated rings. The number of imidazole rings is 1. The number of fused-ring (bicyclic) bond motifs is 1. The molecule has 6 nitrogen and oxygen atoms in total. The number of hydrogen-bond donors (Lipinski definition) is 1. The van der Waals surface area contributed by atoms with E-state index in [0.29, 0.717) is 5.82 Å². The third-order valence-corrected chi connectivity index (χ3v) is 7.59. The lowest BCUT2D eigenvalue weighted by Crippen LogP contribution is -2.46. The van der Waals surface area contributed by atoms with Crippen LogP contribution in [-0.4, -0.2) is 38.3 Å². The fraction of sp³-hybridized carbons (Fsp3) is 0.364. The fourth-order valence-electron chi connectivity index (χ4n) is 5.12. The van der Waals surface area contributed by atoms with Gasteiger partial charge in [-0.3, -0.25) is 9.59 Å². The van der Waals surface area contributed by atoms with E-state index in [4.69, 9.17) is 4.98 Å². The van der Waals surface area contributed by atoms with Crippen molar-refractivity contribution in [3.63, 3.8) is 0 Å². The number of aromatic nitrogens is 2. The predicted molar refractivity (Wildman–Crippen MR) is 158 cm³/mol. The van der Waals surface area contributed by atoms with Crippen LogP contribution in [0.2, 0.25) is 0 Å². The molecule has 3 atom stereocenters. The Morgan fingerprint density at radius 1 is 0.821 bits per heavy atom. The van der Waals surface area contributed by atoms with Crippen LogP contribution in [0.1, 0.15) is 64.9 Å². The Hall–Kier alpha value is -3.93. The van der Waals surface area contributed by atoms with Gasteiger partial charge in [0.25, 0.3) is 0 Å². The minimum Gasteiger partial charge on any atom is -0.346 e. The summed E-state index contributed by atoms with van der Waals surface area (Å²) in [6.07, 6.45) is 2.06. The van der Waals surface area contributed by atoms with E-state index < -0.39 is 0 Å². The van der Waals surface area contributed by atoms with Gasteiger partial charge in [-0.25, -0.2) is 4.98 Å². The second-order valence-electron chi connectivity index (χ2n) is 10.4. The lowest BCUT2D eigenvalue weighted by atomic mass is 10.0. The smallest absolute Gasteiger partial charge is 0.243 e. The number of para-hydroxylation sites is 2. The highest BCUT2D eigenvalue weighted by Crippen LogP contribution is 2.23. The lowest BCUT2D eigenvalue weighted by molar-refractivity contribution is -0.136. The molecular formula is C33H40N4O2. The van der Waals surface area contributed by atoms with Gasteiger partial charge >= 0.3 is 0 Å². The SMILES string of the molecule is CCC(C)N(C(=O)Cn1c(C(C)NC(=O)Cc2ccc(-c3ccccc3)cc2)nc2ccccc21)C(C)CC. The average Bonchev–Trinajstić information content (AvgIpc) is 3.32. The first-order valence-corrected chi connectivity index (χ1v) is 14.0. The van der Waals surface area contributed by atoms with Crippen LogP contribution >= 0.6 is 0 Å². The summed E-state index contributed by atoms with van der Waals surface area (Å²) in [5.41, 5.74) is 4.93. The van der Waals surface area contributed by atoms with E-state index in [1.54, 1.807) is 0 Å². The van der Waals surface area contributed by atoms with Crippen LogP contribution in [0.5, 0.6) is 0 Å². The van der Waals surface area contributed by atoms with Crippen LogP contribution in [-0.2, 0) is 22.6 Å². The molecule has 3 aromatic carbocycles. The Bertz CT molecular complexity index is 1380. The molecule has 0 bridgehead atoms. The largest absolute Gasteiger partial charge is 0.346 e. The van der Waals surface area contributed by atoms with Gasteiger partial charge in [0.05, 0.1) is 23.5 Å². The van der Waals surface area contributed by atoms with Crippen molar-refractivity contribution in [3.05, 3.63) is 90.3 Å². The summed E-state index contributed by atoms with van der Waals surface area (Å²) in [7, 11) is 0. The van der Waals surface area contributed by atoms with Crippen LogP contribution in [0.15, 0.2) is 78.9 Å². The van der Waals surface area contributed by atoms with Crippen molar-refractivity contribution < 1.29 is 9.59 Å². The molecular weight excluding hydrogens is 484 g/mol. The highest BCUT2D eigenvalue weighted by molar-refractivity contribution is 5.82. The maximum atomic E-state index is 13.6. The topological polar surface area (TPSA) is 67.2 Å². The summed E-state index contributed by atoms with van der Waals surface area (Å²) in [5, 5.41) is 3.12. The van der Waals surface area contributed by atoms with E-state index >= 15 is 0 Å². The zero-order valence-corrected chi connectivity index (χ0v) is 23.7. The number of nitrogens with zero attached hydrogens (tertiary/aromatic N) is 3. The van der Waals surface area contributed by atoms with Gasteiger partial charge in [0.2, 0.25) is 11.8 Å². The Balaban J connectivity index is 1.51. The van der Waals surface area contributed by atoms with Crippen LogP contribution in [0.25, 0.3) is 22.2 Å². The van der Waals surface area contributed by atoms with Crippen molar-refractivity contribution in [2.45, 2.75) is 78.6 Å². The van der Waals surface area contributed by atoms with Crippen LogP contribution in [0.4, 0.5) is 0 Å². The average molecular weight is 525 g/mol. The van der Waals surface area contributed by atoms with Crippen molar-refractivity contribution in [1.29, 1.82) is 0 Å². The van der Waals surface area contributed by atoms with Gasteiger partial charge in [-0.1, -0.05) is 80.6 Å². The molecule has 0 radical (unpaired) electrons. The van der Waals surface area contributed by atoms with Crippen molar-refractivity contribution >= 4 is 22.8 Å². The Morgan fingerprint density at radius 2 is 1.41 bits per heavy atom. The minimum absolute atomic E-state index is 0.0696. The zero-order valence-electron chi connectivity index (χ0n) is 23.7. The van der Waals surface area contributed by atoms with Gasteiger partial charge in [-0.2, -0.15) is 0 Å². The molecule has 6 heteroatoms. The number of carbonyl (C=O) groups is 2. The van der Waals surface area contributed by atoms with Gasteiger partial charge in [-0.05, 0) is 62.4 Å². The third-order valence-electron chi connectivity index (χ3n) is 7.59. The highest BCUT2D eigenvalue weighted by atomic mass is 16.2. The van der Waals surface area contributed by atoms with Crippen LogP contribution in [0.3, 0.4) is 0 Å². The Kier molecular flexibility index (Phi) is 9.18. The fourth-order valence-corrected chi connectivity index (χ4v) is 5.12. The number of benzene rings is 3. The van der Waals surface area contributed by atoms with Gasteiger partial charge in [0, 0.05) is 12.1 Å². The molecule has 1 N–H and O–H groups in total. The molecule has 0 spiro atoms. The molecule has 4 aromatic rings. The monoisotopic (exact) mass is 524 g/mol. The van der Waals surface area contributed by atoms with E-state index in [0.717, 1.165) is 40.6 Å². The normalized spacial score (nSPS) is 13.6. The molecule has 39 heavy (non-hydrogen) atoms. The van der Waals surface area contributed by atoms with Crippen molar-refractivity contribution in [2.24, 2.45) is 0 Å². The van der Waals surface area contributed by atoms with Crippen LogP contribution < -0.4 is 5.32 Å². The maximum absolute atomic E-state index is 13.6. The number of amides is 2. The summed E-state index contributed by atoms with van der Waals surface area (Å²) in [6, 6.07) is 26.1. The molecule has 2 amide bonds. The van der Waals surface area contributed by atoms with Crippen molar-refractivity contribution in [2.75, 3.05) is 0 Å². The van der Waals surface area contributed by atoms with E-state index in [1.807, 2.05) is 83.1 Å². The first-order chi connectivity index (χ1) is 18.8. The summed E-state index contributed by atoms with van der Waals surface area (Å²) in [4.78, 5) is 33.5. The molecule has 3 unspecified atom stereocenters. The van der Waals surface area contributed by atoms with Gasteiger partial charge < -0.3 is 14.8 Å². The quantitative estimate of drug-likeness (QED) is 0.242. The van der Waals surface area contributed by atoms with Crippen molar-refractivity contribution in [3.8, 4) is 11.1 Å². The zero-order chi connectivity index (χ0) is 27.9. The molecule has 0 saturated heterocycles. The summed E-state index contributed by atoms with van der Waals surface area (Å²) >= 11 is 0. The molecule has 0 saturated carbocycles. The first kappa shape index (κ1) is 28.1. The second-order valence-corrected chi connectivity index (χ2v) is 10.4. The highest BCUT2D eigenvalue weighted by Gasteiger charge is 2.26. The molecule has 0 aliphatic carbocycles. The minimum atomic E-state index is -0.359. The molecule has 0 aliphatic heterocycles. The van der Waals surface area contributed by atoms with E-state index in [-0.39, 0.29) is 42.9 Å². The predicted octanol–water partition coefficient (Wildman–Crippen LogP) is 6.55. The van der Waals surface area contributed by atoms with E-state index in [2.05, 4.69) is 45.1 Å². The van der Waals surface area contributed by atoms with Crippen LogP contribution in [0, 0.1) is 0 Å².